The van der Waals surface area contributed by atoms with Crippen LogP contribution in [0.1, 0.15) is 28.2 Å². The summed E-state index contributed by atoms with van der Waals surface area (Å²) in [6, 6.07) is 20.1. The van der Waals surface area contributed by atoms with Crippen LogP contribution in [0.4, 0.5) is 0 Å². The van der Waals surface area contributed by atoms with Crippen LogP contribution in [0.5, 0.6) is 5.88 Å². The molecule has 0 fully saturated rings. The maximum Gasteiger partial charge on any atom is 0.223 e. The number of nitrogens with zero attached hydrogens (tertiary/aromatic N) is 3. The van der Waals surface area contributed by atoms with Crippen LogP contribution in [0.3, 0.4) is 0 Å². The Morgan fingerprint density at radius 1 is 0.848 bits per heavy atom. The van der Waals surface area contributed by atoms with Gasteiger partial charge in [-0.25, -0.2) is 9.97 Å². The van der Waals surface area contributed by atoms with E-state index in [0.717, 1.165) is 22.4 Å². The second-order valence-corrected chi connectivity index (χ2v) is 7.75. The van der Waals surface area contributed by atoms with E-state index in [4.69, 9.17) is 4.98 Å². The fraction of sp³-hybridized carbons (Fsp3) is 0.0357. The molecule has 1 aliphatic carbocycles. The Bertz CT molecular complexity index is 1430. The third kappa shape index (κ3) is 4.57. The predicted octanol–water partition coefficient (Wildman–Crippen LogP) is 5.27. The Labute approximate surface area is 191 Å². The quantitative estimate of drug-likeness (QED) is 0.467. The highest BCUT2D eigenvalue weighted by atomic mass is 16.3. The Morgan fingerprint density at radius 3 is 2.27 bits per heavy atom. The van der Waals surface area contributed by atoms with Gasteiger partial charge in [0.2, 0.25) is 5.88 Å². The first kappa shape index (κ1) is 20.4. The lowest BCUT2D eigenvalue weighted by Crippen LogP contribution is -2.00. The number of aromatic hydroxyl groups is 1. The van der Waals surface area contributed by atoms with Gasteiger partial charge in [0, 0.05) is 12.6 Å². The summed E-state index contributed by atoms with van der Waals surface area (Å²) >= 11 is 0. The lowest BCUT2D eigenvalue weighted by molar-refractivity contribution is -0.110. The van der Waals surface area contributed by atoms with Gasteiger partial charge in [-0.3, -0.25) is 9.20 Å². The molecular weight excluding hydrogens is 410 g/mol. The standard InChI is InChI=1S/C28H21N3O2/c32-24-15-12-22(13-16-24)18-26-28(33)31-19-23(14-11-20-7-3-1-4-8-20)29-25(27(31)30-26)17-21-9-5-2-6-10-21/h1-16,18-19,33H,17H2/b14-11+. The van der Waals surface area contributed by atoms with E-state index in [1.54, 1.807) is 28.8 Å². The topological polar surface area (TPSA) is 67.5 Å². The molecule has 0 spiro atoms. The molecule has 0 radical (unpaired) electrons. The van der Waals surface area contributed by atoms with E-state index in [2.05, 4.69) is 4.98 Å². The largest absolute Gasteiger partial charge is 0.493 e. The van der Waals surface area contributed by atoms with Gasteiger partial charge in [0.25, 0.3) is 0 Å². The van der Waals surface area contributed by atoms with E-state index in [0.29, 0.717) is 23.5 Å². The van der Waals surface area contributed by atoms with E-state index >= 15 is 0 Å². The molecule has 1 N–H and O–H groups in total. The Kier molecular flexibility index (Phi) is 5.52. The number of carbonyl (C=O) groups excluding carboxylic acids is 1. The first-order valence-corrected chi connectivity index (χ1v) is 10.7. The van der Waals surface area contributed by atoms with Gasteiger partial charge in [-0.15, -0.1) is 0 Å². The van der Waals surface area contributed by atoms with Crippen LogP contribution in [0, 0.1) is 0 Å². The second kappa shape index (κ2) is 8.93. The van der Waals surface area contributed by atoms with Crippen LogP contribution in [0.2, 0.25) is 0 Å². The van der Waals surface area contributed by atoms with Gasteiger partial charge >= 0.3 is 0 Å². The fourth-order valence-electron chi connectivity index (χ4n) is 3.69. The summed E-state index contributed by atoms with van der Waals surface area (Å²) in [5.41, 5.74) is 5.46. The summed E-state index contributed by atoms with van der Waals surface area (Å²) in [5, 5.41) is 11.0. The number of hydrogen-bond donors (Lipinski definition) is 1. The molecule has 5 heteroatoms. The van der Waals surface area contributed by atoms with Gasteiger partial charge in [-0.2, -0.15) is 0 Å². The van der Waals surface area contributed by atoms with Crippen LogP contribution >= 0.6 is 0 Å². The average Bonchev–Trinajstić information content (AvgIpc) is 3.16. The average molecular weight is 431 g/mol. The summed E-state index contributed by atoms with van der Waals surface area (Å²) in [6.45, 7) is 0. The molecule has 0 bridgehead atoms. The zero-order valence-electron chi connectivity index (χ0n) is 17.8. The lowest BCUT2D eigenvalue weighted by atomic mass is 10.1. The van der Waals surface area contributed by atoms with Crippen molar-refractivity contribution in [2.24, 2.45) is 0 Å². The van der Waals surface area contributed by atoms with Crippen molar-refractivity contribution in [3.63, 3.8) is 0 Å². The normalized spacial score (nSPS) is 13.3. The number of allylic oxidation sites excluding steroid dienone is 5. The number of aromatic nitrogens is 3. The second-order valence-electron chi connectivity index (χ2n) is 7.75. The number of carbonyl (C=O) groups is 1. The van der Waals surface area contributed by atoms with Crippen molar-refractivity contribution in [1.29, 1.82) is 0 Å². The molecule has 0 saturated heterocycles. The van der Waals surface area contributed by atoms with E-state index in [1.807, 2.05) is 72.8 Å². The summed E-state index contributed by atoms with van der Waals surface area (Å²) < 4.78 is 1.67. The number of rotatable bonds is 5. The van der Waals surface area contributed by atoms with Crippen molar-refractivity contribution >= 4 is 29.7 Å². The van der Waals surface area contributed by atoms with Crippen LogP contribution < -0.4 is 0 Å². The molecule has 160 valence electrons. The fourth-order valence-corrected chi connectivity index (χ4v) is 3.69. The molecule has 0 saturated carbocycles. The van der Waals surface area contributed by atoms with Gasteiger partial charge in [-0.05, 0) is 41.0 Å². The minimum Gasteiger partial charge on any atom is -0.493 e. The van der Waals surface area contributed by atoms with E-state index in [9.17, 15) is 9.90 Å². The monoisotopic (exact) mass is 431 g/mol. The maximum atomic E-state index is 11.4. The van der Waals surface area contributed by atoms with Crippen LogP contribution in [-0.4, -0.2) is 25.3 Å². The summed E-state index contributed by atoms with van der Waals surface area (Å²) in [7, 11) is 0. The molecule has 2 aromatic carbocycles. The van der Waals surface area contributed by atoms with E-state index < -0.39 is 0 Å². The van der Waals surface area contributed by atoms with Crippen LogP contribution in [-0.2, 0) is 11.2 Å². The minimum absolute atomic E-state index is 0.0299. The van der Waals surface area contributed by atoms with Crippen molar-refractivity contribution in [2.45, 2.75) is 6.42 Å². The highest BCUT2D eigenvalue weighted by molar-refractivity contribution is 6.01. The van der Waals surface area contributed by atoms with E-state index in [-0.39, 0.29) is 11.7 Å². The molecule has 4 aromatic rings. The Morgan fingerprint density at radius 2 is 1.55 bits per heavy atom. The van der Waals surface area contributed by atoms with Gasteiger partial charge in [0.05, 0.1) is 11.4 Å². The molecule has 0 amide bonds. The highest BCUT2D eigenvalue weighted by Crippen LogP contribution is 2.26. The molecule has 5 rings (SSSR count). The van der Waals surface area contributed by atoms with Crippen LogP contribution in [0.15, 0.2) is 96.7 Å². The van der Waals surface area contributed by atoms with E-state index in [1.165, 1.54) is 12.2 Å². The van der Waals surface area contributed by atoms with Crippen molar-refractivity contribution in [3.8, 4) is 5.88 Å². The maximum absolute atomic E-state index is 11.4. The summed E-state index contributed by atoms with van der Waals surface area (Å²) in [6.07, 6.45) is 14.5. The first-order chi connectivity index (χ1) is 16.2. The lowest BCUT2D eigenvalue weighted by Gasteiger charge is -2.06. The zero-order valence-corrected chi connectivity index (χ0v) is 17.8. The van der Waals surface area contributed by atoms with Crippen LogP contribution in [0.25, 0.3) is 23.9 Å². The minimum atomic E-state index is -0.0597. The van der Waals surface area contributed by atoms with Gasteiger partial charge < -0.3 is 5.11 Å². The summed E-state index contributed by atoms with van der Waals surface area (Å²) in [4.78, 5) is 20.9. The van der Waals surface area contributed by atoms with Crippen molar-refractivity contribution < 1.29 is 9.90 Å². The highest BCUT2D eigenvalue weighted by Gasteiger charge is 2.16. The predicted molar refractivity (Wildman–Crippen MR) is 131 cm³/mol. The van der Waals surface area contributed by atoms with Crippen molar-refractivity contribution in [3.05, 3.63) is 125 Å². The van der Waals surface area contributed by atoms with Gasteiger partial charge in [-0.1, -0.05) is 78.9 Å². The molecule has 0 unspecified atom stereocenters. The third-order valence-electron chi connectivity index (χ3n) is 5.34. The van der Waals surface area contributed by atoms with Gasteiger partial charge in [0.15, 0.2) is 11.4 Å². The molecule has 0 aliphatic heterocycles. The molecule has 2 aromatic heterocycles. The Balaban J connectivity index is 1.60. The molecule has 5 nitrogen and oxygen atoms in total. The molecule has 0 atom stereocenters. The molecular formula is C28H21N3O2. The molecule has 2 heterocycles. The number of ketones is 1. The van der Waals surface area contributed by atoms with Crippen molar-refractivity contribution in [1.82, 2.24) is 14.4 Å². The first-order valence-electron chi connectivity index (χ1n) is 10.7. The number of benzene rings is 2. The smallest absolute Gasteiger partial charge is 0.223 e. The zero-order chi connectivity index (χ0) is 22.6. The SMILES string of the molecule is O=C1C=CC(=Cc2nc3c(Cc4ccccc4)nc(/C=C/c4ccccc4)cn3c2O)C=C1. The number of imidazole rings is 1. The van der Waals surface area contributed by atoms with Gasteiger partial charge in [0.1, 0.15) is 5.69 Å². The third-order valence-corrected chi connectivity index (χ3v) is 5.34. The molecule has 1 aliphatic rings. The Hall–Kier alpha value is -4.51. The number of fused-ring (bicyclic) bond motifs is 1. The van der Waals surface area contributed by atoms with Crippen molar-refractivity contribution in [2.75, 3.05) is 0 Å². The molecule has 33 heavy (non-hydrogen) atoms. The number of hydrogen-bond acceptors (Lipinski definition) is 4. The summed E-state index contributed by atoms with van der Waals surface area (Å²) in [5.74, 6) is -0.0298.